The topological polar surface area (TPSA) is 72.7 Å². The van der Waals surface area contributed by atoms with Gasteiger partial charge in [0.05, 0.1) is 21.8 Å². The number of para-hydroxylation sites is 1. The highest BCUT2D eigenvalue weighted by atomic mass is 79.9. The van der Waals surface area contributed by atoms with Crippen LogP contribution >= 0.6 is 27.3 Å². The van der Waals surface area contributed by atoms with Crippen molar-refractivity contribution in [1.82, 2.24) is 4.57 Å². The number of terminal acetylenes is 1. The molecule has 6 nitrogen and oxygen atoms in total. The number of halogens is 1. The van der Waals surface area contributed by atoms with Crippen molar-refractivity contribution >= 4 is 44.9 Å². The third kappa shape index (κ3) is 5.12. The van der Waals surface area contributed by atoms with Crippen molar-refractivity contribution in [3.8, 4) is 18.1 Å². The minimum absolute atomic E-state index is 0.108. The number of thiazole rings is 1. The summed E-state index contributed by atoms with van der Waals surface area (Å²) in [6, 6.07) is 23.6. The number of benzene rings is 3. The fraction of sp³-hybridized carbons (Fsp3) is 0.100. The van der Waals surface area contributed by atoms with Gasteiger partial charge < -0.3 is 10.1 Å². The lowest BCUT2D eigenvalue weighted by Crippen LogP contribution is -2.40. The summed E-state index contributed by atoms with van der Waals surface area (Å²) in [5.74, 6) is 2.72. The molecule has 0 bridgehead atoms. The highest BCUT2D eigenvalue weighted by molar-refractivity contribution is 9.10. The SMILES string of the molecule is C#CCOc1ccc(Br)cc1/C=c1\sc2n(c1=O)[C@@H](c1ccccc1)C(C(=O)Nc1ccccc1)=C(C)N=2. The maximum absolute atomic E-state index is 13.9. The summed E-state index contributed by atoms with van der Waals surface area (Å²) in [7, 11) is 0. The van der Waals surface area contributed by atoms with Crippen LogP contribution in [0.1, 0.15) is 24.1 Å². The Balaban J connectivity index is 1.66. The first-order valence-electron chi connectivity index (χ1n) is 11.8. The van der Waals surface area contributed by atoms with Crippen LogP contribution in [0.15, 0.2) is 104 Å². The van der Waals surface area contributed by atoms with Gasteiger partial charge in [-0.2, -0.15) is 0 Å². The highest BCUT2D eigenvalue weighted by Crippen LogP contribution is 2.31. The van der Waals surface area contributed by atoms with E-state index in [4.69, 9.17) is 16.2 Å². The van der Waals surface area contributed by atoms with Gasteiger partial charge in [0.2, 0.25) is 0 Å². The molecule has 188 valence electrons. The highest BCUT2D eigenvalue weighted by Gasteiger charge is 2.32. The molecule has 1 atom stereocenters. The van der Waals surface area contributed by atoms with Gasteiger partial charge in [-0.1, -0.05) is 81.7 Å². The van der Waals surface area contributed by atoms with Gasteiger partial charge in [-0.25, -0.2) is 4.99 Å². The molecule has 3 aromatic carbocycles. The Kier molecular flexibility index (Phi) is 7.40. The Morgan fingerprint density at radius 3 is 2.58 bits per heavy atom. The molecule has 0 saturated carbocycles. The van der Waals surface area contributed by atoms with Crippen LogP contribution in [0, 0.1) is 12.3 Å². The second-order valence-corrected chi connectivity index (χ2v) is 10.4. The van der Waals surface area contributed by atoms with Gasteiger partial charge in [-0.15, -0.1) is 6.42 Å². The van der Waals surface area contributed by atoms with E-state index in [-0.39, 0.29) is 18.1 Å². The fourth-order valence-electron chi connectivity index (χ4n) is 4.31. The van der Waals surface area contributed by atoms with Gasteiger partial charge in [-0.05, 0) is 48.9 Å². The van der Waals surface area contributed by atoms with Crippen LogP contribution < -0.4 is 24.9 Å². The number of hydrogen-bond donors (Lipinski definition) is 1. The van der Waals surface area contributed by atoms with E-state index in [0.717, 1.165) is 10.0 Å². The number of aromatic nitrogens is 1. The molecule has 0 spiro atoms. The van der Waals surface area contributed by atoms with Crippen molar-refractivity contribution in [2.24, 2.45) is 4.99 Å². The van der Waals surface area contributed by atoms with Crippen molar-refractivity contribution in [2.75, 3.05) is 11.9 Å². The van der Waals surface area contributed by atoms with Crippen LogP contribution in [-0.4, -0.2) is 17.1 Å². The van der Waals surface area contributed by atoms with Gasteiger partial charge >= 0.3 is 0 Å². The molecule has 38 heavy (non-hydrogen) atoms. The minimum atomic E-state index is -0.641. The van der Waals surface area contributed by atoms with E-state index in [1.165, 1.54) is 11.3 Å². The first kappa shape index (κ1) is 25.5. The summed E-state index contributed by atoms with van der Waals surface area (Å²) in [4.78, 5) is 32.7. The third-order valence-corrected chi connectivity index (χ3v) is 7.46. The monoisotopic (exact) mass is 583 g/mol. The summed E-state index contributed by atoms with van der Waals surface area (Å²) < 4.78 is 8.59. The van der Waals surface area contributed by atoms with E-state index in [9.17, 15) is 9.59 Å². The number of fused-ring (bicyclic) bond motifs is 1. The number of rotatable bonds is 6. The van der Waals surface area contributed by atoms with Crippen LogP contribution in [0.2, 0.25) is 0 Å². The van der Waals surface area contributed by atoms with Gasteiger partial charge in [0.15, 0.2) is 4.80 Å². The molecule has 4 aromatic rings. The van der Waals surface area contributed by atoms with Crippen molar-refractivity contribution < 1.29 is 9.53 Å². The molecule has 1 aliphatic heterocycles. The van der Waals surface area contributed by atoms with E-state index in [1.807, 2.05) is 72.8 Å². The lowest BCUT2D eigenvalue weighted by molar-refractivity contribution is -0.113. The number of amides is 1. The standard InChI is InChI=1S/C30H22BrN3O3S/c1-3-16-37-24-15-14-22(31)17-21(24)18-25-29(36)34-27(20-10-6-4-7-11-20)26(19(2)32-30(34)38-25)28(35)33-23-12-8-5-9-13-23/h1,4-15,17-18,27H,16H2,2H3,(H,33,35)/b25-18-/t27-/m0/s1. The van der Waals surface area contributed by atoms with Crippen LogP contribution in [0.25, 0.3) is 6.08 Å². The largest absolute Gasteiger partial charge is 0.480 e. The maximum Gasteiger partial charge on any atom is 0.271 e. The van der Waals surface area contributed by atoms with Crippen LogP contribution in [0.3, 0.4) is 0 Å². The summed E-state index contributed by atoms with van der Waals surface area (Å²) in [6.45, 7) is 1.91. The lowest BCUT2D eigenvalue weighted by Gasteiger charge is -2.25. The van der Waals surface area contributed by atoms with Crippen molar-refractivity contribution in [3.63, 3.8) is 0 Å². The number of nitrogens with zero attached hydrogens (tertiary/aromatic N) is 2. The zero-order valence-corrected chi connectivity index (χ0v) is 22.8. The Bertz CT molecular complexity index is 1770. The molecule has 0 radical (unpaired) electrons. The minimum Gasteiger partial charge on any atom is -0.480 e. The van der Waals surface area contributed by atoms with Crippen LogP contribution in [-0.2, 0) is 4.79 Å². The molecular weight excluding hydrogens is 562 g/mol. The Labute approximate surface area is 231 Å². The molecule has 1 aromatic heterocycles. The molecule has 5 rings (SSSR count). The first-order valence-corrected chi connectivity index (χ1v) is 13.4. The molecule has 0 aliphatic carbocycles. The van der Waals surface area contributed by atoms with Crippen molar-refractivity contribution in [3.05, 3.63) is 125 Å². The predicted molar refractivity (Wildman–Crippen MR) is 154 cm³/mol. The molecule has 1 N–H and O–H groups in total. The predicted octanol–water partition coefficient (Wildman–Crippen LogP) is 4.65. The quantitative estimate of drug-likeness (QED) is 0.336. The van der Waals surface area contributed by atoms with Crippen molar-refractivity contribution in [2.45, 2.75) is 13.0 Å². The van der Waals surface area contributed by atoms with E-state index in [2.05, 4.69) is 27.2 Å². The van der Waals surface area contributed by atoms with Gasteiger partial charge in [0.25, 0.3) is 11.5 Å². The van der Waals surface area contributed by atoms with Crippen LogP contribution in [0.4, 0.5) is 5.69 Å². The molecule has 0 saturated heterocycles. The van der Waals surface area contributed by atoms with Crippen LogP contribution in [0.5, 0.6) is 5.75 Å². The molecule has 2 heterocycles. The summed E-state index contributed by atoms with van der Waals surface area (Å²) in [6.07, 6.45) is 7.14. The molecule has 8 heteroatoms. The van der Waals surface area contributed by atoms with E-state index >= 15 is 0 Å². The number of carbonyl (C=O) groups is 1. The second-order valence-electron chi connectivity index (χ2n) is 8.49. The number of hydrogen-bond acceptors (Lipinski definition) is 5. The summed E-state index contributed by atoms with van der Waals surface area (Å²) in [5, 5.41) is 2.96. The van der Waals surface area contributed by atoms with Gasteiger partial charge in [-0.3, -0.25) is 14.2 Å². The number of anilines is 1. The Hall–Kier alpha value is -4.19. The number of ether oxygens (including phenoxy) is 1. The summed E-state index contributed by atoms with van der Waals surface area (Å²) >= 11 is 4.75. The van der Waals surface area contributed by atoms with E-state index in [1.54, 1.807) is 23.6 Å². The third-order valence-electron chi connectivity index (χ3n) is 5.98. The molecule has 0 unspecified atom stereocenters. The Morgan fingerprint density at radius 2 is 1.87 bits per heavy atom. The number of nitrogens with one attached hydrogen (secondary N) is 1. The normalized spacial score (nSPS) is 14.9. The molecule has 1 amide bonds. The Morgan fingerprint density at radius 1 is 1.16 bits per heavy atom. The zero-order chi connectivity index (χ0) is 26.6. The number of allylic oxidation sites excluding steroid dienone is 1. The van der Waals surface area contributed by atoms with Crippen molar-refractivity contribution in [1.29, 1.82) is 0 Å². The second kappa shape index (κ2) is 11.1. The first-order chi connectivity index (χ1) is 18.5. The fourth-order valence-corrected chi connectivity index (χ4v) is 5.72. The maximum atomic E-state index is 13.9. The lowest BCUT2D eigenvalue weighted by atomic mass is 9.95. The van der Waals surface area contributed by atoms with E-state index in [0.29, 0.717) is 37.6 Å². The zero-order valence-electron chi connectivity index (χ0n) is 20.4. The average molecular weight is 584 g/mol. The van der Waals surface area contributed by atoms with Gasteiger partial charge in [0.1, 0.15) is 12.4 Å². The summed E-state index contributed by atoms with van der Waals surface area (Å²) in [5.41, 5.74) is 2.90. The average Bonchev–Trinajstić information content (AvgIpc) is 3.22. The molecular formula is C30H22BrN3O3S. The molecule has 1 aliphatic rings. The number of carbonyl (C=O) groups excluding carboxylic acids is 1. The van der Waals surface area contributed by atoms with E-state index < -0.39 is 6.04 Å². The smallest absolute Gasteiger partial charge is 0.271 e. The molecule has 0 fully saturated rings. The van der Waals surface area contributed by atoms with Gasteiger partial charge in [0, 0.05) is 15.7 Å².